The van der Waals surface area contributed by atoms with Gasteiger partial charge in [0.1, 0.15) is 39.8 Å². The zero-order valence-corrected chi connectivity index (χ0v) is 23.0. The van der Waals surface area contributed by atoms with Crippen LogP contribution in [0.5, 0.6) is 0 Å². The minimum absolute atomic E-state index is 0.205. The molecule has 0 aromatic carbocycles. The van der Waals surface area contributed by atoms with Crippen molar-refractivity contribution in [3.05, 3.63) is 12.7 Å². The van der Waals surface area contributed by atoms with Crippen molar-refractivity contribution in [1.29, 1.82) is 0 Å². The van der Waals surface area contributed by atoms with Gasteiger partial charge in [-0.25, -0.2) is 15.0 Å². The molecule has 4 heterocycles. The molecule has 0 bridgehead atoms. The Morgan fingerprint density at radius 2 is 1.39 bits per heavy atom. The first kappa shape index (κ1) is 27.2. The molecule has 2 aromatic heterocycles. The summed E-state index contributed by atoms with van der Waals surface area (Å²) in [6, 6.07) is 0. The minimum Gasteiger partial charge on any atom is -0.384 e. The highest BCUT2D eigenvalue weighted by molar-refractivity contribution is 5.81. The standard InChI is InChI=1S/C25H41N5O6/c1-11-18(3)20(5,31)22(7,33)25(10,35-18)36-23(8)21(6,32)19(4,12-2)34-24(23,9)30-14-29-15-16(26)27-13-28-17(15)30/h13-14,31-33H,11-12H2,1-10H3,(H2,26,27,28)/t18-,19+,20+,21?,22?,23-,24+,25+/m1/s1. The van der Waals surface area contributed by atoms with E-state index in [4.69, 9.17) is 19.9 Å². The molecule has 8 atom stereocenters. The molecule has 202 valence electrons. The average molecular weight is 508 g/mol. The molecule has 2 aromatic rings. The highest BCUT2D eigenvalue weighted by atomic mass is 16.8. The molecular weight excluding hydrogens is 466 g/mol. The molecule has 2 aliphatic rings. The summed E-state index contributed by atoms with van der Waals surface area (Å²) < 4.78 is 21.6. The Balaban J connectivity index is 1.97. The summed E-state index contributed by atoms with van der Waals surface area (Å²) in [7, 11) is 0. The van der Waals surface area contributed by atoms with Crippen LogP contribution in [-0.4, -0.2) is 74.2 Å². The van der Waals surface area contributed by atoms with Gasteiger partial charge in [0.15, 0.2) is 23.0 Å². The number of hydrogen-bond donors (Lipinski definition) is 4. The molecule has 36 heavy (non-hydrogen) atoms. The van der Waals surface area contributed by atoms with Gasteiger partial charge in [-0.3, -0.25) is 4.57 Å². The third-order valence-corrected chi connectivity index (χ3v) is 10.1. The second-order valence-electron chi connectivity index (χ2n) is 11.7. The summed E-state index contributed by atoms with van der Waals surface area (Å²) in [5.74, 6) is -1.55. The SMILES string of the molecule is CC[C@@]1(C)O[C@@](C)(O[C@]2(C)C(C)(O)[C@](C)(CC)O[C@]2(C)n2cnc3c(N)ncnc32)C(C)(O)[C@@]1(C)O. The summed E-state index contributed by atoms with van der Waals surface area (Å²) in [5.41, 5.74) is -3.59. The van der Waals surface area contributed by atoms with E-state index in [1.165, 1.54) is 26.5 Å². The van der Waals surface area contributed by atoms with Gasteiger partial charge >= 0.3 is 0 Å². The van der Waals surface area contributed by atoms with Gasteiger partial charge in [0.05, 0.1) is 11.9 Å². The lowest BCUT2D eigenvalue weighted by Gasteiger charge is -2.52. The van der Waals surface area contributed by atoms with E-state index in [2.05, 4.69) is 15.0 Å². The van der Waals surface area contributed by atoms with Crippen LogP contribution < -0.4 is 5.73 Å². The van der Waals surface area contributed by atoms with Crippen molar-refractivity contribution in [2.45, 2.75) is 127 Å². The van der Waals surface area contributed by atoms with Crippen molar-refractivity contribution in [2.75, 3.05) is 5.73 Å². The summed E-state index contributed by atoms with van der Waals surface area (Å²) in [4.78, 5) is 12.8. The van der Waals surface area contributed by atoms with Crippen LogP contribution in [0.15, 0.2) is 12.7 Å². The van der Waals surface area contributed by atoms with E-state index in [0.717, 1.165) is 0 Å². The minimum atomic E-state index is -1.88. The fourth-order valence-electron chi connectivity index (χ4n) is 6.16. The molecule has 2 fully saturated rings. The molecular formula is C25H41N5O6. The number of imidazole rings is 1. The number of fused-ring (bicyclic) bond motifs is 1. The van der Waals surface area contributed by atoms with E-state index in [1.54, 1.807) is 39.2 Å². The topological polar surface area (TPSA) is 158 Å². The van der Waals surface area contributed by atoms with Gasteiger partial charge in [-0.15, -0.1) is 0 Å². The van der Waals surface area contributed by atoms with E-state index in [-0.39, 0.29) is 5.82 Å². The number of anilines is 1. The lowest BCUT2D eigenvalue weighted by Crippen LogP contribution is -2.70. The summed E-state index contributed by atoms with van der Waals surface area (Å²) >= 11 is 0. The van der Waals surface area contributed by atoms with Crippen LogP contribution in [0, 0.1) is 0 Å². The molecule has 0 saturated carbocycles. The van der Waals surface area contributed by atoms with Crippen molar-refractivity contribution in [2.24, 2.45) is 0 Å². The molecule has 0 spiro atoms. The maximum absolute atomic E-state index is 12.2. The van der Waals surface area contributed by atoms with Gasteiger partial charge in [0.25, 0.3) is 0 Å². The predicted molar refractivity (Wildman–Crippen MR) is 133 cm³/mol. The molecule has 5 N–H and O–H groups in total. The normalized spacial score (nSPS) is 49.2. The Bertz CT molecular complexity index is 1200. The van der Waals surface area contributed by atoms with Crippen molar-refractivity contribution in [1.82, 2.24) is 19.5 Å². The monoisotopic (exact) mass is 507 g/mol. The molecule has 0 radical (unpaired) electrons. The van der Waals surface area contributed by atoms with E-state index in [9.17, 15) is 15.3 Å². The first-order chi connectivity index (χ1) is 16.2. The van der Waals surface area contributed by atoms with E-state index in [1.807, 2.05) is 20.8 Å². The Labute approximate surface area is 212 Å². The second kappa shape index (κ2) is 7.36. The smallest absolute Gasteiger partial charge is 0.198 e. The van der Waals surface area contributed by atoms with Crippen LogP contribution in [-0.2, 0) is 19.9 Å². The Hall–Kier alpha value is -1.89. The molecule has 2 unspecified atom stereocenters. The van der Waals surface area contributed by atoms with Crippen molar-refractivity contribution in [3.63, 3.8) is 0 Å². The first-order valence-corrected chi connectivity index (χ1v) is 12.5. The lowest BCUT2D eigenvalue weighted by molar-refractivity contribution is -0.368. The summed E-state index contributed by atoms with van der Waals surface area (Å²) in [5, 5.41) is 35.5. The fourth-order valence-corrected chi connectivity index (χ4v) is 6.16. The van der Waals surface area contributed by atoms with Crippen LogP contribution in [0.25, 0.3) is 11.2 Å². The highest BCUT2D eigenvalue weighted by Crippen LogP contribution is 2.62. The number of hydrogen-bond acceptors (Lipinski definition) is 10. The molecule has 0 amide bonds. The lowest BCUT2D eigenvalue weighted by atomic mass is 9.70. The number of aliphatic hydroxyl groups is 3. The third-order valence-electron chi connectivity index (χ3n) is 10.1. The van der Waals surface area contributed by atoms with E-state index in [0.29, 0.717) is 24.0 Å². The first-order valence-electron chi connectivity index (χ1n) is 12.5. The van der Waals surface area contributed by atoms with E-state index >= 15 is 0 Å². The molecule has 2 saturated heterocycles. The van der Waals surface area contributed by atoms with Crippen molar-refractivity contribution < 1.29 is 29.5 Å². The van der Waals surface area contributed by atoms with Crippen LogP contribution in [0.4, 0.5) is 5.82 Å². The molecule has 11 nitrogen and oxygen atoms in total. The maximum atomic E-state index is 12.2. The van der Waals surface area contributed by atoms with Crippen molar-refractivity contribution in [3.8, 4) is 0 Å². The Morgan fingerprint density at radius 3 is 1.92 bits per heavy atom. The molecule has 2 aliphatic heterocycles. The van der Waals surface area contributed by atoms with E-state index < -0.39 is 45.1 Å². The average Bonchev–Trinajstić information content (AvgIpc) is 3.30. The van der Waals surface area contributed by atoms with Gasteiger partial charge in [0, 0.05) is 0 Å². The van der Waals surface area contributed by atoms with Crippen LogP contribution in [0.1, 0.15) is 82.1 Å². The van der Waals surface area contributed by atoms with Gasteiger partial charge in [0.2, 0.25) is 0 Å². The Morgan fingerprint density at radius 1 is 0.833 bits per heavy atom. The number of nitrogens with zero attached hydrogens (tertiary/aromatic N) is 4. The summed E-state index contributed by atoms with van der Waals surface area (Å²) in [6.45, 7) is 17.1. The quantitative estimate of drug-likeness (QED) is 0.473. The number of aromatic nitrogens is 4. The zero-order chi connectivity index (χ0) is 27.4. The number of ether oxygens (including phenoxy) is 3. The highest BCUT2D eigenvalue weighted by Gasteiger charge is 2.79. The largest absolute Gasteiger partial charge is 0.384 e. The van der Waals surface area contributed by atoms with Gasteiger partial charge in [-0.2, -0.15) is 0 Å². The fraction of sp³-hybridized carbons (Fsp3) is 0.800. The molecule has 11 heteroatoms. The van der Waals surface area contributed by atoms with Crippen molar-refractivity contribution >= 4 is 17.0 Å². The maximum Gasteiger partial charge on any atom is 0.198 e. The van der Waals surface area contributed by atoms with Crippen LogP contribution in [0.2, 0.25) is 0 Å². The van der Waals surface area contributed by atoms with Crippen LogP contribution >= 0.6 is 0 Å². The molecule has 4 rings (SSSR count). The third kappa shape index (κ3) is 2.81. The predicted octanol–water partition coefficient (Wildman–Crippen LogP) is 2.22. The number of rotatable bonds is 5. The van der Waals surface area contributed by atoms with Crippen LogP contribution in [0.3, 0.4) is 0 Å². The van der Waals surface area contributed by atoms with Gasteiger partial charge < -0.3 is 35.3 Å². The Kier molecular flexibility index (Phi) is 5.55. The summed E-state index contributed by atoms with van der Waals surface area (Å²) in [6.07, 6.45) is 3.71. The van der Waals surface area contributed by atoms with Gasteiger partial charge in [-0.1, -0.05) is 13.8 Å². The second-order valence-corrected chi connectivity index (χ2v) is 11.7. The zero-order valence-electron chi connectivity index (χ0n) is 23.0. The number of nitrogen functional groups attached to an aromatic ring is 1. The molecule has 0 aliphatic carbocycles. The number of nitrogens with two attached hydrogens (primary N) is 1. The van der Waals surface area contributed by atoms with Gasteiger partial charge in [-0.05, 0) is 68.2 Å².